The first-order valence-corrected chi connectivity index (χ1v) is 6.93. The van der Waals surface area contributed by atoms with E-state index in [1.54, 1.807) is 13.0 Å². The molecule has 0 unspecified atom stereocenters. The van der Waals surface area contributed by atoms with Gasteiger partial charge in [0.05, 0.1) is 6.61 Å². The number of allylic oxidation sites excluding steroid dienone is 1. The molecule has 0 aliphatic heterocycles. The summed E-state index contributed by atoms with van der Waals surface area (Å²) in [5.74, 6) is -0.706. The first-order chi connectivity index (χ1) is 11.0. The van der Waals surface area contributed by atoms with Crippen molar-refractivity contribution in [3.05, 3.63) is 65.0 Å². The maximum atomic E-state index is 12.9. The van der Waals surface area contributed by atoms with E-state index in [9.17, 15) is 19.6 Å². The van der Waals surface area contributed by atoms with E-state index in [0.717, 1.165) is 12.1 Å². The predicted molar refractivity (Wildman–Crippen MR) is 83.6 cm³/mol. The summed E-state index contributed by atoms with van der Waals surface area (Å²) in [7, 11) is 0. The number of ether oxygens (including phenoxy) is 1. The number of nitrogens with zero attached hydrogens (tertiary/aromatic N) is 1. The molecule has 0 atom stereocenters. The van der Waals surface area contributed by atoms with Gasteiger partial charge in [0.25, 0.3) is 0 Å². The lowest BCUT2D eigenvalue weighted by Gasteiger charge is -2.06. The Kier molecular flexibility index (Phi) is 5.11. The van der Waals surface area contributed by atoms with Crippen LogP contribution in [0.4, 0.5) is 4.39 Å². The fourth-order valence-corrected chi connectivity index (χ4v) is 1.96. The molecule has 0 saturated heterocycles. The summed E-state index contributed by atoms with van der Waals surface area (Å²) in [6.07, 6.45) is 1.40. The van der Waals surface area contributed by atoms with Crippen molar-refractivity contribution in [3.8, 4) is 17.6 Å². The molecule has 23 heavy (non-hydrogen) atoms. The molecule has 2 aromatic rings. The topological polar surface area (TPSA) is 70.3 Å². The van der Waals surface area contributed by atoms with Gasteiger partial charge in [0.1, 0.15) is 17.5 Å². The van der Waals surface area contributed by atoms with E-state index < -0.39 is 11.6 Å². The van der Waals surface area contributed by atoms with Crippen LogP contribution in [-0.2, 0) is 0 Å². The minimum Gasteiger partial charge on any atom is -0.504 e. The Morgan fingerprint density at radius 3 is 2.61 bits per heavy atom. The lowest BCUT2D eigenvalue weighted by molar-refractivity contribution is 0.104. The van der Waals surface area contributed by atoms with Gasteiger partial charge in [0.15, 0.2) is 11.5 Å². The van der Waals surface area contributed by atoms with Crippen LogP contribution in [0.5, 0.6) is 11.5 Å². The summed E-state index contributed by atoms with van der Waals surface area (Å²) in [5, 5.41) is 18.9. The van der Waals surface area contributed by atoms with Gasteiger partial charge in [0.2, 0.25) is 5.78 Å². The number of hydrogen-bond donors (Lipinski definition) is 1. The molecule has 0 aliphatic rings. The summed E-state index contributed by atoms with van der Waals surface area (Å²) in [5.41, 5.74) is 0.672. The van der Waals surface area contributed by atoms with Gasteiger partial charge in [-0.1, -0.05) is 6.07 Å². The molecule has 0 fully saturated rings. The molecular weight excluding hydrogens is 297 g/mol. The van der Waals surface area contributed by atoms with E-state index in [1.165, 1.54) is 30.3 Å². The third kappa shape index (κ3) is 3.95. The first-order valence-electron chi connectivity index (χ1n) is 6.93. The molecule has 0 radical (unpaired) electrons. The van der Waals surface area contributed by atoms with Crippen LogP contribution >= 0.6 is 0 Å². The molecule has 0 spiro atoms. The molecule has 0 amide bonds. The van der Waals surface area contributed by atoms with Gasteiger partial charge in [-0.3, -0.25) is 4.79 Å². The van der Waals surface area contributed by atoms with Gasteiger partial charge in [-0.05, 0) is 55.0 Å². The van der Waals surface area contributed by atoms with Crippen LogP contribution in [0.2, 0.25) is 0 Å². The molecule has 116 valence electrons. The quantitative estimate of drug-likeness (QED) is 0.519. The summed E-state index contributed by atoms with van der Waals surface area (Å²) >= 11 is 0. The fraction of sp³-hybridized carbons (Fsp3) is 0.111. The van der Waals surface area contributed by atoms with E-state index in [0.29, 0.717) is 12.2 Å². The van der Waals surface area contributed by atoms with Crippen molar-refractivity contribution in [1.82, 2.24) is 0 Å². The van der Waals surface area contributed by atoms with Crippen LogP contribution in [0.1, 0.15) is 22.8 Å². The van der Waals surface area contributed by atoms with Gasteiger partial charge in [-0.25, -0.2) is 4.39 Å². The Morgan fingerprint density at radius 1 is 1.30 bits per heavy atom. The molecule has 0 saturated carbocycles. The van der Waals surface area contributed by atoms with Crippen molar-refractivity contribution in [2.24, 2.45) is 0 Å². The van der Waals surface area contributed by atoms with E-state index in [4.69, 9.17) is 4.74 Å². The second kappa shape index (κ2) is 7.23. The van der Waals surface area contributed by atoms with E-state index in [2.05, 4.69) is 0 Å². The Hall–Kier alpha value is -3.13. The number of rotatable bonds is 5. The number of Topliss-reactive ketones (excluding diaryl/α,β-unsaturated/α-hetero) is 1. The highest BCUT2D eigenvalue weighted by Gasteiger charge is 2.13. The van der Waals surface area contributed by atoms with Gasteiger partial charge >= 0.3 is 0 Å². The van der Waals surface area contributed by atoms with Gasteiger partial charge < -0.3 is 9.84 Å². The van der Waals surface area contributed by atoms with Crippen molar-refractivity contribution >= 4 is 11.9 Å². The predicted octanol–water partition coefficient (Wildman–Crippen LogP) is 3.72. The zero-order valence-electron chi connectivity index (χ0n) is 12.4. The summed E-state index contributed by atoms with van der Waals surface area (Å²) in [4.78, 5) is 12.3. The zero-order chi connectivity index (χ0) is 16.8. The van der Waals surface area contributed by atoms with Crippen LogP contribution < -0.4 is 4.74 Å². The highest BCUT2D eigenvalue weighted by Crippen LogP contribution is 2.28. The number of carbonyl (C=O) groups is 1. The molecular formula is C18H14FNO3. The highest BCUT2D eigenvalue weighted by molar-refractivity contribution is 6.14. The molecule has 4 nitrogen and oxygen atoms in total. The number of nitriles is 1. The largest absolute Gasteiger partial charge is 0.504 e. The second-order valence-corrected chi connectivity index (χ2v) is 4.67. The number of phenols is 1. The molecule has 0 heterocycles. The van der Waals surface area contributed by atoms with Crippen molar-refractivity contribution in [1.29, 1.82) is 5.26 Å². The van der Waals surface area contributed by atoms with Crippen molar-refractivity contribution in [2.75, 3.05) is 6.61 Å². The fourth-order valence-electron chi connectivity index (χ4n) is 1.96. The zero-order valence-corrected chi connectivity index (χ0v) is 12.4. The summed E-state index contributed by atoms with van der Waals surface area (Å²) in [6.45, 7) is 2.15. The number of hydrogen-bond acceptors (Lipinski definition) is 4. The van der Waals surface area contributed by atoms with Crippen LogP contribution in [0.15, 0.2) is 48.0 Å². The Morgan fingerprint density at radius 2 is 2.00 bits per heavy atom. The number of phenolic OH excluding ortho intramolecular Hbond substituents is 1. The van der Waals surface area contributed by atoms with Crippen LogP contribution in [0.25, 0.3) is 6.08 Å². The first kappa shape index (κ1) is 16.2. The van der Waals surface area contributed by atoms with Crippen LogP contribution in [0.3, 0.4) is 0 Å². The number of benzene rings is 2. The minimum atomic E-state index is -0.501. The van der Waals surface area contributed by atoms with E-state index >= 15 is 0 Å². The lowest BCUT2D eigenvalue weighted by Crippen LogP contribution is -2.02. The molecule has 0 aromatic heterocycles. The smallest absolute Gasteiger partial charge is 0.203 e. The average Bonchev–Trinajstić information content (AvgIpc) is 2.56. The summed E-state index contributed by atoms with van der Waals surface area (Å²) in [6, 6.07) is 11.3. The maximum Gasteiger partial charge on any atom is 0.203 e. The second-order valence-electron chi connectivity index (χ2n) is 4.67. The van der Waals surface area contributed by atoms with Gasteiger partial charge in [-0.15, -0.1) is 0 Å². The van der Waals surface area contributed by atoms with Crippen molar-refractivity contribution in [2.45, 2.75) is 6.92 Å². The Labute approximate surface area is 133 Å². The van der Waals surface area contributed by atoms with Crippen molar-refractivity contribution < 1.29 is 19.0 Å². The lowest BCUT2D eigenvalue weighted by atomic mass is 10.0. The normalized spacial score (nSPS) is 10.9. The van der Waals surface area contributed by atoms with E-state index in [-0.39, 0.29) is 22.6 Å². The van der Waals surface area contributed by atoms with Gasteiger partial charge in [0, 0.05) is 5.56 Å². The van der Waals surface area contributed by atoms with Crippen LogP contribution in [-0.4, -0.2) is 17.5 Å². The van der Waals surface area contributed by atoms with E-state index in [1.807, 2.05) is 6.07 Å². The van der Waals surface area contributed by atoms with Gasteiger partial charge in [-0.2, -0.15) is 5.26 Å². The third-order valence-electron chi connectivity index (χ3n) is 3.07. The third-order valence-corrected chi connectivity index (χ3v) is 3.07. The molecule has 0 bridgehead atoms. The molecule has 2 aromatic carbocycles. The summed E-state index contributed by atoms with van der Waals surface area (Å²) < 4.78 is 18.2. The highest BCUT2D eigenvalue weighted by atomic mass is 19.1. The molecule has 1 N–H and O–H groups in total. The number of aromatic hydroxyl groups is 1. The Balaban J connectivity index is 2.35. The minimum absolute atomic E-state index is 0.0210. The monoisotopic (exact) mass is 311 g/mol. The SMILES string of the molecule is CCOc1cc(/C=C(\C#N)C(=O)c2ccc(F)cc2)ccc1O. The molecule has 2 rings (SSSR count). The Bertz CT molecular complexity index is 789. The number of halogens is 1. The maximum absolute atomic E-state index is 12.9. The standard InChI is InChI=1S/C18H14FNO3/c1-2-23-17-10-12(3-8-16(17)21)9-14(11-20)18(22)13-4-6-15(19)7-5-13/h3-10,21H,2H2,1H3/b14-9+. The number of ketones is 1. The average molecular weight is 311 g/mol. The number of carbonyl (C=O) groups excluding carboxylic acids is 1. The molecule has 5 heteroatoms. The van der Waals surface area contributed by atoms with Crippen LogP contribution in [0, 0.1) is 17.1 Å². The van der Waals surface area contributed by atoms with Crippen molar-refractivity contribution in [3.63, 3.8) is 0 Å². The molecule has 0 aliphatic carbocycles.